The van der Waals surface area contributed by atoms with Crippen molar-refractivity contribution in [2.45, 2.75) is 32.4 Å². The first kappa shape index (κ1) is 21.6. The van der Waals surface area contributed by atoms with Gasteiger partial charge in [-0.1, -0.05) is 30.3 Å². The molecule has 0 aliphatic carbocycles. The Labute approximate surface area is 196 Å². The lowest BCUT2D eigenvalue weighted by Gasteiger charge is -2.31. The molecule has 7 nitrogen and oxygen atoms in total. The molecule has 0 saturated carbocycles. The van der Waals surface area contributed by atoms with E-state index in [0.29, 0.717) is 17.0 Å². The summed E-state index contributed by atoms with van der Waals surface area (Å²) in [5, 5.41) is 2.76. The number of imide groups is 1. The normalized spacial score (nSPS) is 16.1. The Hall–Kier alpha value is -4.26. The molecule has 5 rings (SSSR count). The molecule has 0 spiro atoms. The molecule has 1 N–H and O–H groups in total. The second kappa shape index (κ2) is 7.95. The Morgan fingerprint density at radius 3 is 2.41 bits per heavy atom. The Morgan fingerprint density at radius 2 is 1.65 bits per heavy atom. The third-order valence-electron chi connectivity index (χ3n) is 5.93. The van der Waals surface area contributed by atoms with Gasteiger partial charge >= 0.3 is 0 Å². The SMILES string of the molecule is CC1(C)CC(=O)c2cc(NC(=O)c3ccc4c(c3)C(=O)N(Cc3ccccc3)C4=O)ccc2O1. The number of hydrogen-bond donors (Lipinski definition) is 1. The highest BCUT2D eigenvalue weighted by Gasteiger charge is 2.36. The molecule has 7 heteroatoms. The fourth-order valence-corrected chi connectivity index (χ4v) is 4.28. The summed E-state index contributed by atoms with van der Waals surface area (Å²) in [7, 11) is 0. The molecule has 34 heavy (non-hydrogen) atoms. The molecule has 0 radical (unpaired) electrons. The average molecular weight is 454 g/mol. The summed E-state index contributed by atoms with van der Waals surface area (Å²) < 4.78 is 5.85. The lowest BCUT2D eigenvalue weighted by molar-refractivity contribution is 0.0613. The highest BCUT2D eigenvalue weighted by atomic mass is 16.5. The van der Waals surface area contributed by atoms with Crippen molar-refractivity contribution >= 4 is 29.2 Å². The number of hydrogen-bond acceptors (Lipinski definition) is 5. The van der Waals surface area contributed by atoms with Crippen LogP contribution >= 0.6 is 0 Å². The van der Waals surface area contributed by atoms with Crippen molar-refractivity contribution < 1.29 is 23.9 Å². The summed E-state index contributed by atoms with van der Waals surface area (Å²) in [6, 6.07) is 18.6. The van der Waals surface area contributed by atoms with Crippen LogP contribution in [0, 0.1) is 0 Å². The highest BCUT2D eigenvalue weighted by molar-refractivity contribution is 6.22. The van der Waals surface area contributed by atoms with Crippen LogP contribution in [-0.2, 0) is 6.54 Å². The molecule has 0 unspecified atom stereocenters. The number of Topliss-reactive ketones (excluding diaryl/α,β-unsaturated/α-hetero) is 1. The van der Waals surface area contributed by atoms with E-state index in [2.05, 4.69) is 5.32 Å². The molecular formula is C27H22N2O5. The number of benzene rings is 3. The van der Waals surface area contributed by atoms with E-state index < -0.39 is 17.4 Å². The van der Waals surface area contributed by atoms with Crippen LogP contribution in [0.1, 0.15) is 67.3 Å². The maximum atomic E-state index is 12.9. The monoisotopic (exact) mass is 454 g/mol. The number of fused-ring (bicyclic) bond motifs is 2. The van der Waals surface area contributed by atoms with Crippen molar-refractivity contribution in [2.75, 3.05) is 5.32 Å². The van der Waals surface area contributed by atoms with Gasteiger partial charge in [0.15, 0.2) is 5.78 Å². The van der Waals surface area contributed by atoms with E-state index in [4.69, 9.17) is 4.74 Å². The van der Waals surface area contributed by atoms with Crippen molar-refractivity contribution in [3.63, 3.8) is 0 Å². The molecule has 3 aromatic rings. The van der Waals surface area contributed by atoms with Crippen LogP contribution < -0.4 is 10.1 Å². The van der Waals surface area contributed by atoms with Gasteiger partial charge in [-0.25, -0.2) is 0 Å². The van der Waals surface area contributed by atoms with Gasteiger partial charge in [-0.05, 0) is 55.8 Å². The van der Waals surface area contributed by atoms with Gasteiger partial charge in [0.1, 0.15) is 11.4 Å². The van der Waals surface area contributed by atoms with Gasteiger partial charge in [0, 0.05) is 11.3 Å². The molecule has 0 aromatic heterocycles. The molecule has 0 fully saturated rings. The van der Waals surface area contributed by atoms with Gasteiger partial charge < -0.3 is 10.1 Å². The van der Waals surface area contributed by atoms with Crippen molar-refractivity contribution in [3.8, 4) is 5.75 Å². The molecule has 0 saturated heterocycles. The number of nitrogens with zero attached hydrogens (tertiary/aromatic N) is 1. The molecular weight excluding hydrogens is 432 g/mol. The lowest BCUT2D eigenvalue weighted by atomic mass is 9.93. The number of amides is 3. The van der Waals surface area contributed by atoms with Gasteiger partial charge in [0.05, 0.1) is 29.7 Å². The first-order chi connectivity index (χ1) is 16.2. The topological polar surface area (TPSA) is 92.8 Å². The first-order valence-corrected chi connectivity index (χ1v) is 10.9. The average Bonchev–Trinajstić information content (AvgIpc) is 3.04. The zero-order valence-corrected chi connectivity index (χ0v) is 18.8. The summed E-state index contributed by atoms with van der Waals surface area (Å²) in [4.78, 5) is 52.2. The minimum Gasteiger partial charge on any atom is -0.487 e. The van der Waals surface area contributed by atoms with Gasteiger partial charge in [0.2, 0.25) is 0 Å². The van der Waals surface area contributed by atoms with Gasteiger partial charge in [-0.3, -0.25) is 24.1 Å². The summed E-state index contributed by atoms with van der Waals surface area (Å²) in [5.41, 5.74) is 1.84. The molecule has 2 aliphatic rings. The fourth-order valence-electron chi connectivity index (χ4n) is 4.28. The second-order valence-corrected chi connectivity index (χ2v) is 9.07. The van der Waals surface area contributed by atoms with Crippen LogP contribution in [0.2, 0.25) is 0 Å². The molecule has 0 atom stereocenters. The molecule has 2 heterocycles. The molecule has 170 valence electrons. The third kappa shape index (κ3) is 3.85. The predicted molar refractivity (Wildman–Crippen MR) is 125 cm³/mol. The molecule has 2 aliphatic heterocycles. The Morgan fingerprint density at radius 1 is 0.912 bits per heavy atom. The van der Waals surface area contributed by atoms with Gasteiger partial charge in [-0.2, -0.15) is 0 Å². The molecule has 3 amide bonds. The van der Waals surface area contributed by atoms with Crippen molar-refractivity contribution in [3.05, 3.63) is 94.5 Å². The van der Waals surface area contributed by atoms with Crippen LogP contribution in [-0.4, -0.2) is 34.0 Å². The van der Waals surface area contributed by atoms with Crippen LogP contribution in [0.3, 0.4) is 0 Å². The minimum absolute atomic E-state index is 0.0532. The predicted octanol–water partition coefficient (Wildman–Crippen LogP) is 4.48. The van der Waals surface area contributed by atoms with E-state index in [1.807, 2.05) is 44.2 Å². The van der Waals surface area contributed by atoms with Crippen LogP contribution in [0.5, 0.6) is 5.75 Å². The number of ether oxygens (including phenoxy) is 1. The maximum Gasteiger partial charge on any atom is 0.261 e. The van der Waals surface area contributed by atoms with E-state index in [1.54, 1.807) is 18.2 Å². The third-order valence-corrected chi connectivity index (χ3v) is 5.93. The van der Waals surface area contributed by atoms with E-state index in [1.165, 1.54) is 23.1 Å². The van der Waals surface area contributed by atoms with E-state index in [0.717, 1.165) is 5.56 Å². The summed E-state index contributed by atoms with van der Waals surface area (Å²) in [6.07, 6.45) is 0.248. The van der Waals surface area contributed by atoms with E-state index in [9.17, 15) is 19.2 Å². The highest BCUT2D eigenvalue weighted by Crippen LogP contribution is 2.34. The van der Waals surface area contributed by atoms with Crippen molar-refractivity contribution in [1.82, 2.24) is 4.90 Å². The summed E-state index contributed by atoms with van der Waals surface area (Å²) in [5.74, 6) is -0.833. The number of carbonyl (C=O) groups is 4. The standard InChI is InChI=1S/C27H22N2O5/c1-27(2)14-22(30)21-13-18(9-11-23(21)34-27)28-24(31)17-8-10-19-20(12-17)26(33)29(25(19)32)15-16-6-4-3-5-7-16/h3-13H,14-15H2,1-2H3,(H,28,31). The first-order valence-electron chi connectivity index (χ1n) is 10.9. The van der Waals surface area contributed by atoms with E-state index in [-0.39, 0.29) is 41.3 Å². The Balaban J connectivity index is 1.35. The Bertz CT molecular complexity index is 1360. The van der Waals surface area contributed by atoms with Gasteiger partial charge in [-0.15, -0.1) is 0 Å². The summed E-state index contributed by atoms with van der Waals surface area (Å²) in [6.45, 7) is 3.87. The fraction of sp³-hybridized carbons (Fsp3) is 0.185. The zero-order chi connectivity index (χ0) is 24.0. The number of ketones is 1. The van der Waals surface area contributed by atoms with Crippen molar-refractivity contribution in [2.24, 2.45) is 0 Å². The number of anilines is 1. The number of nitrogens with one attached hydrogen (secondary N) is 1. The number of rotatable bonds is 4. The largest absolute Gasteiger partial charge is 0.487 e. The quantitative estimate of drug-likeness (QED) is 0.587. The van der Waals surface area contributed by atoms with Crippen LogP contribution in [0.15, 0.2) is 66.7 Å². The molecule has 0 bridgehead atoms. The van der Waals surface area contributed by atoms with E-state index >= 15 is 0 Å². The van der Waals surface area contributed by atoms with Crippen molar-refractivity contribution in [1.29, 1.82) is 0 Å². The molecule has 3 aromatic carbocycles. The Kier molecular flexibility index (Phi) is 5.05. The smallest absolute Gasteiger partial charge is 0.261 e. The summed E-state index contributed by atoms with van der Waals surface area (Å²) >= 11 is 0. The zero-order valence-electron chi connectivity index (χ0n) is 18.8. The maximum absolute atomic E-state index is 12.9. The van der Waals surface area contributed by atoms with Crippen LogP contribution in [0.4, 0.5) is 5.69 Å². The van der Waals surface area contributed by atoms with Gasteiger partial charge in [0.25, 0.3) is 17.7 Å². The lowest BCUT2D eigenvalue weighted by Crippen LogP contribution is -2.35. The van der Waals surface area contributed by atoms with Crippen LogP contribution in [0.25, 0.3) is 0 Å². The second-order valence-electron chi connectivity index (χ2n) is 9.07. The minimum atomic E-state index is -0.572. The number of carbonyl (C=O) groups excluding carboxylic acids is 4.